The van der Waals surface area contributed by atoms with E-state index in [1.807, 2.05) is 38.1 Å². The molecule has 0 bridgehead atoms. The van der Waals surface area contributed by atoms with Crippen molar-refractivity contribution in [3.63, 3.8) is 0 Å². The van der Waals surface area contributed by atoms with E-state index in [0.717, 1.165) is 17.7 Å². The molecule has 0 heterocycles. The van der Waals surface area contributed by atoms with Gasteiger partial charge in [-0.3, -0.25) is 4.79 Å². The Labute approximate surface area is 121 Å². The first-order valence-corrected chi connectivity index (χ1v) is 6.97. The van der Waals surface area contributed by atoms with Gasteiger partial charge < -0.3 is 15.2 Å². The summed E-state index contributed by atoms with van der Waals surface area (Å²) in [5.74, 6) is 0.497. The molecule has 0 spiro atoms. The zero-order valence-electron chi connectivity index (χ0n) is 12.8. The van der Waals surface area contributed by atoms with Gasteiger partial charge in [0.2, 0.25) is 0 Å². The fourth-order valence-corrected chi connectivity index (χ4v) is 2.08. The number of ether oxygens (including phenoxy) is 2. The average molecular weight is 279 g/mol. The Kier molecular flexibility index (Phi) is 6.02. The molecule has 0 aliphatic heterocycles. The monoisotopic (exact) mass is 279 g/mol. The van der Waals surface area contributed by atoms with Gasteiger partial charge >= 0.3 is 5.97 Å². The number of nitrogens with two attached hydrogens (primary N) is 1. The molecule has 1 unspecified atom stereocenters. The average Bonchev–Trinajstić information content (AvgIpc) is 2.41. The van der Waals surface area contributed by atoms with Crippen molar-refractivity contribution < 1.29 is 14.3 Å². The van der Waals surface area contributed by atoms with E-state index in [2.05, 4.69) is 6.92 Å². The molecule has 0 aliphatic carbocycles. The molecule has 0 radical (unpaired) electrons. The summed E-state index contributed by atoms with van der Waals surface area (Å²) in [5.41, 5.74) is 6.71. The van der Waals surface area contributed by atoms with E-state index in [0.29, 0.717) is 6.61 Å². The van der Waals surface area contributed by atoms with Gasteiger partial charge in [-0.2, -0.15) is 0 Å². The first-order valence-electron chi connectivity index (χ1n) is 6.97. The van der Waals surface area contributed by atoms with Crippen LogP contribution < -0.4 is 10.5 Å². The summed E-state index contributed by atoms with van der Waals surface area (Å²) in [4.78, 5) is 11.5. The van der Waals surface area contributed by atoms with Gasteiger partial charge in [-0.05, 0) is 38.0 Å². The maximum Gasteiger partial charge on any atom is 0.306 e. The second kappa shape index (κ2) is 7.29. The Bertz CT molecular complexity index is 420. The molecule has 0 saturated heterocycles. The Hall–Kier alpha value is -1.55. The fourth-order valence-electron chi connectivity index (χ4n) is 2.08. The summed E-state index contributed by atoms with van der Waals surface area (Å²) in [6.07, 6.45) is 1.25. The summed E-state index contributed by atoms with van der Waals surface area (Å²) in [7, 11) is 1.39. The van der Waals surface area contributed by atoms with Gasteiger partial charge in [-0.15, -0.1) is 0 Å². The predicted octanol–water partition coefficient (Wildman–Crippen LogP) is 2.86. The highest BCUT2D eigenvalue weighted by molar-refractivity contribution is 5.70. The number of rotatable bonds is 7. The Morgan fingerprint density at radius 1 is 1.30 bits per heavy atom. The van der Waals surface area contributed by atoms with E-state index < -0.39 is 5.54 Å². The van der Waals surface area contributed by atoms with Crippen LogP contribution in [0.1, 0.15) is 45.1 Å². The van der Waals surface area contributed by atoms with Crippen molar-refractivity contribution in [2.75, 3.05) is 13.7 Å². The summed E-state index contributed by atoms with van der Waals surface area (Å²) in [5, 5.41) is 0. The highest BCUT2D eigenvalue weighted by atomic mass is 16.5. The highest BCUT2D eigenvalue weighted by Gasteiger charge is 2.29. The fraction of sp³-hybridized carbons (Fsp3) is 0.562. The number of benzene rings is 1. The summed E-state index contributed by atoms with van der Waals surface area (Å²) >= 11 is 0. The molecule has 0 aliphatic rings. The van der Waals surface area contributed by atoms with Crippen molar-refractivity contribution in [1.29, 1.82) is 0 Å². The Balaban J connectivity index is 2.88. The van der Waals surface area contributed by atoms with Crippen molar-refractivity contribution in [3.8, 4) is 5.75 Å². The second-order valence-electron chi connectivity index (χ2n) is 5.57. The van der Waals surface area contributed by atoms with Crippen LogP contribution in [-0.4, -0.2) is 25.2 Å². The molecule has 0 saturated carbocycles. The molecule has 4 heteroatoms. The van der Waals surface area contributed by atoms with Crippen LogP contribution in [0, 0.1) is 0 Å². The molecule has 112 valence electrons. The van der Waals surface area contributed by atoms with E-state index in [4.69, 9.17) is 15.2 Å². The molecule has 0 fully saturated rings. The van der Waals surface area contributed by atoms with Gasteiger partial charge in [0.25, 0.3) is 0 Å². The van der Waals surface area contributed by atoms with Crippen molar-refractivity contribution in [2.45, 2.75) is 45.1 Å². The number of esters is 1. The molecule has 4 nitrogen and oxygen atoms in total. The maximum absolute atomic E-state index is 11.5. The third-order valence-electron chi connectivity index (χ3n) is 3.25. The third kappa shape index (κ3) is 4.85. The van der Waals surface area contributed by atoms with E-state index >= 15 is 0 Å². The molecule has 20 heavy (non-hydrogen) atoms. The molecule has 0 aromatic heterocycles. The minimum absolute atomic E-state index is 0.0878. The SMILES string of the molecule is CCCOc1ccc(C(CC(=O)OC)C(C)(C)N)cc1. The van der Waals surface area contributed by atoms with Crippen LogP contribution in [0.3, 0.4) is 0 Å². The van der Waals surface area contributed by atoms with Crippen LogP contribution in [0.15, 0.2) is 24.3 Å². The molecule has 1 aromatic carbocycles. The lowest BCUT2D eigenvalue weighted by molar-refractivity contribution is -0.141. The normalized spacial score (nSPS) is 12.8. The topological polar surface area (TPSA) is 61.5 Å². The van der Waals surface area contributed by atoms with Gasteiger partial charge in [0, 0.05) is 11.5 Å². The number of hydrogen-bond acceptors (Lipinski definition) is 4. The molecule has 0 amide bonds. The molecular formula is C16H25NO3. The van der Waals surface area contributed by atoms with Gasteiger partial charge in [-0.25, -0.2) is 0 Å². The van der Waals surface area contributed by atoms with Crippen LogP contribution in [0.4, 0.5) is 0 Å². The maximum atomic E-state index is 11.5. The first kappa shape index (κ1) is 16.5. The predicted molar refractivity (Wildman–Crippen MR) is 79.9 cm³/mol. The molecule has 1 rings (SSSR count). The van der Waals surface area contributed by atoms with Crippen LogP contribution in [0.25, 0.3) is 0 Å². The minimum Gasteiger partial charge on any atom is -0.494 e. The lowest BCUT2D eigenvalue weighted by Crippen LogP contribution is -2.40. The van der Waals surface area contributed by atoms with Crippen molar-refractivity contribution in [1.82, 2.24) is 0 Å². The first-order chi connectivity index (χ1) is 9.38. The van der Waals surface area contributed by atoms with E-state index in [9.17, 15) is 4.79 Å². The second-order valence-corrected chi connectivity index (χ2v) is 5.57. The number of methoxy groups -OCH3 is 1. The van der Waals surface area contributed by atoms with Crippen LogP contribution in [0.5, 0.6) is 5.75 Å². The zero-order chi connectivity index (χ0) is 15.2. The number of carbonyl (C=O) groups is 1. The number of hydrogen-bond donors (Lipinski definition) is 1. The number of carbonyl (C=O) groups excluding carboxylic acids is 1. The lowest BCUT2D eigenvalue weighted by Gasteiger charge is -2.30. The van der Waals surface area contributed by atoms with Crippen molar-refractivity contribution in [3.05, 3.63) is 29.8 Å². The van der Waals surface area contributed by atoms with Crippen LogP contribution in [0.2, 0.25) is 0 Å². The van der Waals surface area contributed by atoms with Gasteiger partial charge in [-0.1, -0.05) is 19.1 Å². The quantitative estimate of drug-likeness (QED) is 0.780. The van der Waals surface area contributed by atoms with E-state index in [1.54, 1.807) is 0 Å². The summed E-state index contributed by atoms with van der Waals surface area (Å²) in [6, 6.07) is 7.77. The smallest absolute Gasteiger partial charge is 0.306 e. The highest BCUT2D eigenvalue weighted by Crippen LogP contribution is 2.31. The summed E-state index contributed by atoms with van der Waals surface area (Å²) < 4.78 is 10.3. The Morgan fingerprint density at radius 2 is 1.90 bits per heavy atom. The van der Waals surface area contributed by atoms with Crippen molar-refractivity contribution >= 4 is 5.97 Å². The molecule has 2 N–H and O–H groups in total. The van der Waals surface area contributed by atoms with Crippen LogP contribution in [-0.2, 0) is 9.53 Å². The largest absolute Gasteiger partial charge is 0.494 e. The minimum atomic E-state index is -0.500. The lowest BCUT2D eigenvalue weighted by atomic mass is 9.80. The van der Waals surface area contributed by atoms with Gasteiger partial charge in [0.05, 0.1) is 20.1 Å². The van der Waals surface area contributed by atoms with E-state index in [1.165, 1.54) is 7.11 Å². The molecule has 1 aromatic rings. The van der Waals surface area contributed by atoms with Crippen molar-refractivity contribution in [2.24, 2.45) is 5.73 Å². The van der Waals surface area contributed by atoms with Gasteiger partial charge in [0.15, 0.2) is 0 Å². The zero-order valence-corrected chi connectivity index (χ0v) is 12.8. The third-order valence-corrected chi connectivity index (χ3v) is 3.25. The standard InChI is InChI=1S/C16H25NO3/c1-5-10-20-13-8-6-12(7-9-13)14(16(2,3)17)11-15(18)19-4/h6-9,14H,5,10-11,17H2,1-4H3. The molecule has 1 atom stereocenters. The van der Waals surface area contributed by atoms with E-state index in [-0.39, 0.29) is 18.3 Å². The Morgan fingerprint density at radius 3 is 2.35 bits per heavy atom. The molecular weight excluding hydrogens is 254 g/mol. The van der Waals surface area contributed by atoms with Gasteiger partial charge in [0.1, 0.15) is 5.75 Å². The van der Waals surface area contributed by atoms with Crippen LogP contribution >= 0.6 is 0 Å². The summed E-state index contributed by atoms with van der Waals surface area (Å²) in [6.45, 7) is 6.61.